The summed E-state index contributed by atoms with van der Waals surface area (Å²) in [6.45, 7) is 15.0. The average Bonchev–Trinajstić information content (AvgIpc) is 2.80. The highest BCUT2D eigenvalue weighted by Gasteiger charge is 2.59. The van der Waals surface area contributed by atoms with Gasteiger partial charge in [-0.25, -0.2) is 4.79 Å². The highest BCUT2D eigenvalue weighted by atomic mass is 16.5. The second-order valence-electron chi connectivity index (χ2n) is 11.1. The molecule has 0 bridgehead atoms. The Bertz CT molecular complexity index is 912. The van der Waals surface area contributed by atoms with Gasteiger partial charge in [0.1, 0.15) is 5.75 Å². The first-order valence-corrected chi connectivity index (χ1v) is 12.6. The zero-order valence-electron chi connectivity index (χ0n) is 21.4. The van der Waals surface area contributed by atoms with Gasteiger partial charge >= 0.3 is 5.97 Å². The second-order valence-corrected chi connectivity index (χ2v) is 11.1. The molecule has 2 aliphatic carbocycles. The van der Waals surface area contributed by atoms with Crippen molar-refractivity contribution in [1.29, 1.82) is 0 Å². The molecule has 0 aliphatic heterocycles. The van der Waals surface area contributed by atoms with E-state index in [2.05, 4.69) is 27.0 Å². The Kier molecular flexibility index (Phi) is 8.13. The molecule has 3 rings (SSSR count). The normalized spacial score (nSPS) is 33.2. The predicted molar refractivity (Wildman–Crippen MR) is 138 cm³/mol. The Morgan fingerprint density at radius 3 is 2.53 bits per heavy atom. The molecule has 34 heavy (non-hydrogen) atoms. The number of esters is 1. The SMILES string of the molecule is C=CC(=C)CC[C@@H]1[C@@]2(C)CCC[C@](C)(COC(=O)C=Cc3ccc(OC)cc3)[C@@H]2CC[C@@]1(C)O. The van der Waals surface area contributed by atoms with E-state index in [1.54, 1.807) is 13.2 Å². The highest BCUT2D eigenvalue weighted by Crippen LogP contribution is 2.63. The number of aliphatic hydroxyl groups is 1. The van der Waals surface area contributed by atoms with Crippen LogP contribution in [0.15, 0.2) is 55.1 Å². The fourth-order valence-corrected chi connectivity index (χ4v) is 6.84. The third kappa shape index (κ3) is 5.66. The molecular weight excluding hydrogens is 424 g/mol. The predicted octanol–water partition coefficient (Wildman–Crippen LogP) is 6.75. The van der Waals surface area contributed by atoms with Gasteiger partial charge in [0.2, 0.25) is 0 Å². The van der Waals surface area contributed by atoms with Crippen molar-refractivity contribution in [3.8, 4) is 5.75 Å². The number of carbonyl (C=O) groups is 1. The van der Waals surface area contributed by atoms with Gasteiger partial charge in [-0.1, -0.05) is 57.2 Å². The number of ether oxygens (including phenoxy) is 2. The standard InChI is InChI=1S/C30H42O4/c1-7-22(2)9-15-26-29(4)19-8-18-28(3,25(29)17-20-30(26,5)32)21-34-27(31)16-12-23-10-13-24(33-6)14-11-23/h7,10-14,16,25-26,32H,1-2,8-9,15,17-21H2,3-6H3/t25-,26+,28+,29-,30+/m0/s1. The molecule has 0 unspecified atom stereocenters. The van der Waals surface area contributed by atoms with Crippen LogP contribution < -0.4 is 4.74 Å². The first-order chi connectivity index (χ1) is 16.0. The molecule has 186 valence electrons. The minimum Gasteiger partial charge on any atom is -0.497 e. The number of hydrogen-bond acceptors (Lipinski definition) is 4. The van der Waals surface area contributed by atoms with Gasteiger partial charge in [-0.15, -0.1) is 0 Å². The summed E-state index contributed by atoms with van der Waals surface area (Å²) >= 11 is 0. The molecule has 5 atom stereocenters. The first kappa shape index (κ1) is 26.3. The number of hydrogen-bond donors (Lipinski definition) is 1. The van der Waals surface area contributed by atoms with Gasteiger partial charge < -0.3 is 14.6 Å². The molecule has 2 fully saturated rings. The molecule has 4 nitrogen and oxygen atoms in total. The van der Waals surface area contributed by atoms with Crippen molar-refractivity contribution in [3.05, 3.63) is 60.7 Å². The Labute approximate surface area is 205 Å². The Morgan fingerprint density at radius 1 is 1.18 bits per heavy atom. The quantitative estimate of drug-likeness (QED) is 0.248. The van der Waals surface area contributed by atoms with Crippen molar-refractivity contribution in [3.63, 3.8) is 0 Å². The van der Waals surface area contributed by atoms with Crippen LogP contribution in [0.3, 0.4) is 0 Å². The number of rotatable bonds is 9. The average molecular weight is 467 g/mol. The lowest BCUT2D eigenvalue weighted by atomic mass is 9.45. The summed E-state index contributed by atoms with van der Waals surface area (Å²) in [5.74, 6) is 1.05. The summed E-state index contributed by atoms with van der Waals surface area (Å²) in [5, 5.41) is 11.4. The fourth-order valence-electron chi connectivity index (χ4n) is 6.84. The van der Waals surface area contributed by atoms with Crippen LogP contribution >= 0.6 is 0 Å². The molecule has 4 heteroatoms. The largest absolute Gasteiger partial charge is 0.497 e. The summed E-state index contributed by atoms with van der Waals surface area (Å²) in [4.78, 5) is 12.5. The minimum absolute atomic E-state index is 0.00153. The summed E-state index contributed by atoms with van der Waals surface area (Å²) in [7, 11) is 1.63. The van der Waals surface area contributed by atoms with E-state index in [0.29, 0.717) is 12.5 Å². The van der Waals surface area contributed by atoms with Crippen molar-refractivity contribution < 1.29 is 19.4 Å². The van der Waals surface area contributed by atoms with Crippen molar-refractivity contribution >= 4 is 12.0 Å². The lowest BCUT2D eigenvalue weighted by Crippen LogP contribution is -2.59. The summed E-state index contributed by atoms with van der Waals surface area (Å²) in [6, 6.07) is 7.55. The topological polar surface area (TPSA) is 55.8 Å². The van der Waals surface area contributed by atoms with E-state index in [9.17, 15) is 9.90 Å². The zero-order chi connectivity index (χ0) is 25.0. The van der Waals surface area contributed by atoms with Crippen LogP contribution in [0.4, 0.5) is 0 Å². The van der Waals surface area contributed by atoms with E-state index in [-0.39, 0.29) is 22.7 Å². The van der Waals surface area contributed by atoms with Gasteiger partial charge in [-0.3, -0.25) is 0 Å². The number of methoxy groups -OCH3 is 1. The molecule has 2 aliphatic rings. The number of fused-ring (bicyclic) bond motifs is 1. The Morgan fingerprint density at radius 2 is 1.88 bits per heavy atom. The molecular formula is C30H42O4. The number of carbonyl (C=O) groups excluding carboxylic acids is 1. The highest BCUT2D eigenvalue weighted by molar-refractivity contribution is 5.87. The Hall–Kier alpha value is -2.33. The monoisotopic (exact) mass is 466 g/mol. The summed E-state index contributed by atoms with van der Waals surface area (Å²) < 4.78 is 11.0. The third-order valence-electron chi connectivity index (χ3n) is 8.70. The lowest BCUT2D eigenvalue weighted by molar-refractivity contribution is -0.185. The number of allylic oxidation sites excluding steroid dienone is 2. The summed E-state index contributed by atoms with van der Waals surface area (Å²) in [6.07, 6.45) is 11.8. The van der Waals surface area contributed by atoms with Gasteiger partial charge in [0.05, 0.1) is 19.3 Å². The second kappa shape index (κ2) is 10.5. The molecule has 1 aromatic rings. The van der Waals surface area contributed by atoms with E-state index in [1.807, 2.05) is 37.3 Å². The van der Waals surface area contributed by atoms with E-state index in [4.69, 9.17) is 9.47 Å². The van der Waals surface area contributed by atoms with Crippen molar-refractivity contribution in [2.75, 3.05) is 13.7 Å². The van der Waals surface area contributed by atoms with Gasteiger partial charge in [0.15, 0.2) is 0 Å². The van der Waals surface area contributed by atoms with Gasteiger partial charge in [0.25, 0.3) is 0 Å². The minimum atomic E-state index is -0.692. The fraction of sp³-hybridized carbons (Fsp3) is 0.567. The maximum Gasteiger partial charge on any atom is 0.330 e. The van der Waals surface area contributed by atoms with Crippen molar-refractivity contribution in [1.82, 2.24) is 0 Å². The molecule has 2 saturated carbocycles. The maximum atomic E-state index is 12.5. The Balaban J connectivity index is 1.69. The van der Waals surface area contributed by atoms with Gasteiger partial charge in [-0.2, -0.15) is 0 Å². The van der Waals surface area contributed by atoms with Crippen LogP contribution in [0.25, 0.3) is 6.08 Å². The van der Waals surface area contributed by atoms with Crippen LogP contribution in [-0.4, -0.2) is 30.4 Å². The van der Waals surface area contributed by atoms with Crippen LogP contribution in [0.2, 0.25) is 0 Å². The van der Waals surface area contributed by atoms with Crippen LogP contribution in [0.5, 0.6) is 5.75 Å². The van der Waals surface area contributed by atoms with E-state index in [0.717, 1.165) is 61.8 Å². The lowest BCUT2D eigenvalue weighted by Gasteiger charge is -2.61. The van der Waals surface area contributed by atoms with E-state index < -0.39 is 5.60 Å². The third-order valence-corrected chi connectivity index (χ3v) is 8.70. The number of benzene rings is 1. The molecule has 0 amide bonds. The molecule has 0 radical (unpaired) electrons. The molecule has 0 saturated heterocycles. The molecule has 0 spiro atoms. The van der Waals surface area contributed by atoms with Crippen LogP contribution in [0, 0.1) is 22.7 Å². The molecule has 0 heterocycles. The van der Waals surface area contributed by atoms with Crippen molar-refractivity contribution in [2.45, 2.75) is 71.3 Å². The smallest absolute Gasteiger partial charge is 0.330 e. The first-order valence-electron chi connectivity index (χ1n) is 12.6. The van der Waals surface area contributed by atoms with E-state index >= 15 is 0 Å². The molecule has 1 aromatic carbocycles. The van der Waals surface area contributed by atoms with Crippen LogP contribution in [-0.2, 0) is 9.53 Å². The molecule has 0 aromatic heterocycles. The van der Waals surface area contributed by atoms with E-state index in [1.165, 1.54) is 6.08 Å². The zero-order valence-corrected chi connectivity index (χ0v) is 21.4. The van der Waals surface area contributed by atoms with Crippen molar-refractivity contribution in [2.24, 2.45) is 22.7 Å². The van der Waals surface area contributed by atoms with Gasteiger partial charge in [-0.05, 0) is 86.5 Å². The van der Waals surface area contributed by atoms with Gasteiger partial charge in [0, 0.05) is 11.5 Å². The molecule has 1 N–H and O–H groups in total. The maximum absolute atomic E-state index is 12.5. The van der Waals surface area contributed by atoms with Crippen LogP contribution in [0.1, 0.15) is 71.3 Å². The summed E-state index contributed by atoms with van der Waals surface area (Å²) in [5.41, 5.74) is 1.16.